The molecule has 6 rings (SSSR count). The van der Waals surface area contributed by atoms with Crippen molar-refractivity contribution in [1.82, 2.24) is 39.1 Å². The lowest BCUT2D eigenvalue weighted by atomic mass is 10.0. The van der Waals surface area contributed by atoms with Crippen molar-refractivity contribution in [3.05, 3.63) is 36.1 Å². The van der Waals surface area contributed by atoms with Gasteiger partial charge in [0.25, 0.3) is 0 Å². The number of nitriles is 1. The molecular formula is C21H19F3N10O2S2. The number of aromatic nitrogens is 7. The molecule has 38 heavy (non-hydrogen) atoms. The van der Waals surface area contributed by atoms with Crippen LogP contribution in [-0.4, -0.2) is 61.4 Å². The van der Waals surface area contributed by atoms with Gasteiger partial charge in [-0.15, -0.1) is 10.2 Å². The minimum atomic E-state index is -4.67. The summed E-state index contributed by atoms with van der Waals surface area (Å²) in [5.74, 6) is 0.0326. The van der Waals surface area contributed by atoms with Gasteiger partial charge >= 0.3 is 6.18 Å². The van der Waals surface area contributed by atoms with Crippen LogP contribution in [0.5, 0.6) is 0 Å². The highest BCUT2D eigenvalue weighted by molar-refractivity contribution is 7.89. The molecule has 4 aromatic rings. The molecule has 0 aromatic carbocycles. The molecular weight excluding hydrogens is 545 g/mol. The van der Waals surface area contributed by atoms with Crippen LogP contribution in [0, 0.1) is 11.3 Å². The number of piperidine rings is 1. The summed E-state index contributed by atoms with van der Waals surface area (Å²) in [6, 6.07) is 3.64. The Labute approximate surface area is 217 Å². The summed E-state index contributed by atoms with van der Waals surface area (Å²) >= 11 is 0.322. The van der Waals surface area contributed by atoms with Crippen LogP contribution in [-0.2, 0) is 16.2 Å². The Balaban J connectivity index is 1.42. The number of pyridine rings is 1. The van der Waals surface area contributed by atoms with Gasteiger partial charge in [0.05, 0.1) is 29.5 Å². The maximum atomic E-state index is 13.3. The summed E-state index contributed by atoms with van der Waals surface area (Å²) in [4.78, 5) is 10.1. The van der Waals surface area contributed by atoms with E-state index in [1.165, 1.54) is 29.2 Å². The number of imidazole rings is 1. The van der Waals surface area contributed by atoms with Gasteiger partial charge in [0.15, 0.2) is 10.8 Å². The minimum Gasteiger partial charge on any atom is -0.370 e. The van der Waals surface area contributed by atoms with Crippen LogP contribution in [0.1, 0.15) is 36.7 Å². The second-order valence-electron chi connectivity index (χ2n) is 9.20. The van der Waals surface area contributed by atoms with E-state index in [-0.39, 0.29) is 21.8 Å². The molecule has 12 nitrogen and oxygen atoms in total. The van der Waals surface area contributed by atoms with Crippen molar-refractivity contribution < 1.29 is 21.6 Å². The number of nitrogens with one attached hydrogen (secondary N) is 1. The molecule has 5 heterocycles. The Morgan fingerprint density at radius 1 is 1.21 bits per heavy atom. The third-order valence-electron chi connectivity index (χ3n) is 6.67. The van der Waals surface area contributed by atoms with Crippen molar-refractivity contribution in [2.24, 2.45) is 0 Å². The lowest BCUT2D eigenvalue weighted by Gasteiger charge is -2.34. The number of hydrogen-bond donors (Lipinski definition) is 1. The van der Waals surface area contributed by atoms with E-state index in [1.54, 1.807) is 11.0 Å². The zero-order valence-corrected chi connectivity index (χ0v) is 21.1. The molecule has 0 bridgehead atoms. The fourth-order valence-corrected chi connectivity index (χ4v) is 6.59. The molecule has 1 saturated heterocycles. The quantitative estimate of drug-likeness (QED) is 0.373. The number of rotatable bonds is 6. The topological polar surface area (TPSA) is 147 Å². The lowest BCUT2D eigenvalue weighted by Crippen LogP contribution is -2.37. The van der Waals surface area contributed by atoms with Gasteiger partial charge in [-0.3, -0.25) is 4.40 Å². The first-order valence-electron chi connectivity index (χ1n) is 11.6. The van der Waals surface area contributed by atoms with E-state index in [0.717, 1.165) is 0 Å². The van der Waals surface area contributed by atoms with Gasteiger partial charge in [0.1, 0.15) is 23.1 Å². The highest BCUT2D eigenvalue weighted by Crippen LogP contribution is 2.39. The predicted octanol–water partition coefficient (Wildman–Crippen LogP) is 2.64. The van der Waals surface area contributed by atoms with Crippen molar-refractivity contribution in [3.8, 4) is 16.9 Å². The van der Waals surface area contributed by atoms with Crippen LogP contribution in [0.3, 0.4) is 0 Å². The second kappa shape index (κ2) is 8.71. The average Bonchev–Trinajstić information content (AvgIpc) is 3.33. The molecule has 2 fully saturated rings. The standard InChI is InChI=1S/C21H19F3N10O2S2/c22-21(23,24)19-30-29-18(37-19)17-27-8-16-15(32-5-1-13(2-6-32)34-12-26-11-28-34)7-14(9-33(16)17)38(35,36)31-20(10-25)3-4-20/h7-9,11-13,31H,1-6H2. The average molecular weight is 565 g/mol. The second-order valence-corrected chi connectivity index (χ2v) is 11.9. The molecule has 0 atom stereocenters. The highest BCUT2D eigenvalue weighted by atomic mass is 32.2. The molecule has 1 aliphatic heterocycles. The number of alkyl halides is 3. The van der Waals surface area contributed by atoms with Gasteiger partial charge in [-0.05, 0) is 31.7 Å². The molecule has 0 amide bonds. The van der Waals surface area contributed by atoms with Gasteiger partial charge < -0.3 is 4.90 Å². The SMILES string of the molecule is N#CC1(NS(=O)(=O)c2cc(N3CCC(n4cncn4)CC3)c3cnc(-c4nnc(C(F)(F)F)s4)n3c2)CC1. The Morgan fingerprint density at radius 3 is 2.58 bits per heavy atom. The van der Waals surface area contributed by atoms with E-state index in [0.29, 0.717) is 61.3 Å². The van der Waals surface area contributed by atoms with Crippen molar-refractivity contribution in [2.45, 2.75) is 48.3 Å². The zero-order valence-electron chi connectivity index (χ0n) is 19.5. The molecule has 0 radical (unpaired) electrons. The van der Waals surface area contributed by atoms with Crippen molar-refractivity contribution >= 4 is 32.6 Å². The first-order valence-corrected chi connectivity index (χ1v) is 13.8. The summed E-state index contributed by atoms with van der Waals surface area (Å²) < 4.78 is 71.8. The number of hydrogen-bond acceptors (Lipinski definition) is 10. The number of fused-ring (bicyclic) bond motifs is 1. The van der Waals surface area contributed by atoms with Crippen LogP contribution in [0.15, 0.2) is 36.0 Å². The minimum absolute atomic E-state index is 0.0326. The fourth-order valence-electron chi connectivity index (χ4n) is 4.50. The summed E-state index contributed by atoms with van der Waals surface area (Å²) in [5, 5.41) is 19.3. The summed E-state index contributed by atoms with van der Waals surface area (Å²) in [6.07, 6.45) is 3.44. The first kappa shape index (κ1) is 24.7. The van der Waals surface area contributed by atoms with Crippen LogP contribution in [0.25, 0.3) is 16.3 Å². The molecule has 0 unspecified atom stereocenters. The third kappa shape index (κ3) is 4.37. The smallest absolute Gasteiger partial charge is 0.370 e. The Kier molecular flexibility index (Phi) is 5.66. The van der Waals surface area contributed by atoms with Crippen molar-refractivity contribution in [1.29, 1.82) is 5.26 Å². The third-order valence-corrected chi connectivity index (χ3v) is 9.14. The number of sulfonamides is 1. The van der Waals surface area contributed by atoms with Crippen molar-refractivity contribution in [2.75, 3.05) is 18.0 Å². The molecule has 198 valence electrons. The highest BCUT2D eigenvalue weighted by Gasteiger charge is 2.47. The zero-order chi connectivity index (χ0) is 26.7. The number of anilines is 1. The van der Waals surface area contributed by atoms with Crippen LogP contribution >= 0.6 is 11.3 Å². The van der Waals surface area contributed by atoms with Gasteiger partial charge in [0.2, 0.25) is 15.0 Å². The molecule has 1 aliphatic carbocycles. The molecule has 0 spiro atoms. The Morgan fingerprint density at radius 2 is 1.97 bits per heavy atom. The molecule has 1 N–H and O–H groups in total. The summed E-state index contributed by atoms with van der Waals surface area (Å²) in [6.45, 7) is 1.13. The number of nitrogens with zero attached hydrogens (tertiary/aromatic N) is 9. The molecule has 2 aliphatic rings. The first-order chi connectivity index (χ1) is 18.1. The van der Waals surface area contributed by atoms with E-state index in [2.05, 4.69) is 30.0 Å². The van der Waals surface area contributed by atoms with E-state index in [4.69, 9.17) is 0 Å². The van der Waals surface area contributed by atoms with Crippen LogP contribution in [0.2, 0.25) is 0 Å². The monoisotopic (exact) mass is 564 g/mol. The largest absolute Gasteiger partial charge is 0.445 e. The molecule has 17 heteroatoms. The van der Waals surface area contributed by atoms with Crippen LogP contribution < -0.4 is 9.62 Å². The van der Waals surface area contributed by atoms with E-state index < -0.39 is 26.7 Å². The van der Waals surface area contributed by atoms with E-state index in [9.17, 15) is 26.9 Å². The molecule has 4 aromatic heterocycles. The van der Waals surface area contributed by atoms with Crippen molar-refractivity contribution in [3.63, 3.8) is 0 Å². The maximum Gasteiger partial charge on any atom is 0.445 e. The summed E-state index contributed by atoms with van der Waals surface area (Å²) in [7, 11) is -4.14. The van der Waals surface area contributed by atoms with Gasteiger partial charge in [-0.25, -0.2) is 23.1 Å². The lowest BCUT2D eigenvalue weighted by molar-refractivity contribution is -0.138. The normalized spacial score (nSPS) is 18.1. The van der Waals surface area contributed by atoms with Gasteiger partial charge in [0, 0.05) is 19.3 Å². The van der Waals surface area contributed by atoms with E-state index >= 15 is 0 Å². The maximum absolute atomic E-state index is 13.3. The molecule has 1 saturated carbocycles. The van der Waals surface area contributed by atoms with Crippen LogP contribution in [0.4, 0.5) is 18.9 Å². The summed E-state index contributed by atoms with van der Waals surface area (Å²) in [5.41, 5.74) is -0.0998. The Bertz CT molecular complexity index is 1640. The van der Waals surface area contributed by atoms with Gasteiger partial charge in [-0.1, -0.05) is 11.3 Å². The predicted molar refractivity (Wildman–Crippen MR) is 128 cm³/mol. The fraction of sp³-hybridized carbons (Fsp3) is 0.429. The van der Waals surface area contributed by atoms with Gasteiger partial charge in [-0.2, -0.15) is 28.3 Å². The van der Waals surface area contributed by atoms with E-state index in [1.807, 2.05) is 11.0 Å². The Hall–Kier alpha value is -3.62. The number of halogens is 3.